The fourth-order valence-corrected chi connectivity index (χ4v) is 4.65. The average molecular weight is 433 g/mol. The summed E-state index contributed by atoms with van der Waals surface area (Å²) in [5.41, 5.74) is 3.09. The number of nitrogens with one attached hydrogen (secondary N) is 2. The van der Waals surface area contributed by atoms with Crippen LogP contribution >= 0.6 is 11.3 Å². The average Bonchev–Trinajstić information content (AvgIpc) is 3.24. The van der Waals surface area contributed by atoms with E-state index in [1.165, 1.54) is 17.4 Å². The second-order valence-electron chi connectivity index (χ2n) is 7.45. The molecule has 2 aromatic heterocycles. The Bertz CT molecular complexity index is 1240. The number of hydrogen-bond acceptors (Lipinski definition) is 5. The Labute approximate surface area is 183 Å². The number of benzene rings is 2. The first-order chi connectivity index (χ1) is 15.2. The van der Waals surface area contributed by atoms with E-state index in [1.807, 2.05) is 53.6 Å². The predicted octanol–water partition coefficient (Wildman–Crippen LogP) is 4.76. The minimum Gasteiger partial charge on any atom is -0.367 e. The number of piperazine rings is 1. The number of thiophene rings is 1. The number of carbonyl (C=O) groups is 1. The summed E-state index contributed by atoms with van der Waals surface area (Å²) in [5, 5.41) is 6.98. The van der Waals surface area contributed by atoms with Crippen LogP contribution in [0.4, 0.5) is 15.8 Å². The Hall–Kier alpha value is -3.29. The largest absolute Gasteiger partial charge is 0.367 e. The number of pyridine rings is 1. The Morgan fingerprint density at radius 3 is 2.61 bits per heavy atom. The summed E-state index contributed by atoms with van der Waals surface area (Å²) in [6, 6.07) is 18.7. The summed E-state index contributed by atoms with van der Waals surface area (Å²) in [7, 11) is 0. The molecule has 2 aromatic carbocycles. The zero-order valence-electron chi connectivity index (χ0n) is 16.8. The van der Waals surface area contributed by atoms with E-state index in [0.29, 0.717) is 16.3 Å². The molecule has 2 N–H and O–H groups in total. The molecule has 5 nitrogen and oxygen atoms in total. The Morgan fingerprint density at radius 2 is 1.84 bits per heavy atom. The highest BCUT2D eigenvalue weighted by Gasteiger charge is 2.16. The van der Waals surface area contributed by atoms with Crippen molar-refractivity contribution in [3.05, 3.63) is 77.6 Å². The van der Waals surface area contributed by atoms with Crippen molar-refractivity contribution < 1.29 is 9.18 Å². The van der Waals surface area contributed by atoms with Gasteiger partial charge in [0.2, 0.25) is 0 Å². The van der Waals surface area contributed by atoms with Gasteiger partial charge in [0.25, 0.3) is 5.91 Å². The molecule has 0 saturated carbocycles. The van der Waals surface area contributed by atoms with Gasteiger partial charge >= 0.3 is 0 Å². The highest BCUT2D eigenvalue weighted by molar-refractivity contribution is 7.20. The number of anilines is 2. The zero-order chi connectivity index (χ0) is 21.2. The maximum Gasteiger partial charge on any atom is 0.265 e. The van der Waals surface area contributed by atoms with Crippen LogP contribution in [0.2, 0.25) is 0 Å². The maximum atomic E-state index is 14.6. The van der Waals surface area contributed by atoms with Crippen molar-refractivity contribution in [3.63, 3.8) is 0 Å². The molecular weight excluding hydrogens is 411 g/mol. The third-order valence-corrected chi connectivity index (χ3v) is 6.42. The fraction of sp³-hybridized carbons (Fsp3) is 0.167. The third-order valence-electron chi connectivity index (χ3n) is 5.37. The van der Waals surface area contributed by atoms with Crippen LogP contribution in [-0.2, 0) is 0 Å². The van der Waals surface area contributed by atoms with Crippen LogP contribution in [-0.4, -0.2) is 37.1 Å². The molecule has 4 aromatic rings. The third kappa shape index (κ3) is 4.15. The van der Waals surface area contributed by atoms with Gasteiger partial charge in [0.15, 0.2) is 0 Å². The van der Waals surface area contributed by atoms with E-state index in [1.54, 1.807) is 12.1 Å². The fourth-order valence-electron chi connectivity index (χ4n) is 3.77. The number of nitrogens with zero attached hydrogens (tertiary/aromatic N) is 2. The molecule has 1 saturated heterocycles. The summed E-state index contributed by atoms with van der Waals surface area (Å²) in [6.07, 6.45) is 1.82. The molecule has 3 heterocycles. The molecule has 0 aliphatic carbocycles. The number of aromatic nitrogens is 1. The molecule has 7 heteroatoms. The van der Waals surface area contributed by atoms with Gasteiger partial charge in [-0.1, -0.05) is 30.3 Å². The molecule has 1 fully saturated rings. The number of fused-ring (bicyclic) bond motifs is 1. The highest BCUT2D eigenvalue weighted by Crippen LogP contribution is 2.29. The zero-order valence-corrected chi connectivity index (χ0v) is 17.6. The van der Waals surface area contributed by atoms with E-state index in [0.717, 1.165) is 47.5 Å². The van der Waals surface area contributed by atoms with E-state index in [-0.39, 0.29) is 11.7 Å². The molecule has 31 heavy (non-hydrogen) atoms. The first kappa shape index (κ1) is 19.7. The van der Waals surface area contributed by atoms with Crippen LogP contribution in [0, 0.1) is 5.82 Å². The summed E-state index contributed by atoms with van der Waals surface area (Å²) in [4.78, 5) is 20.6. The van der Waals surface area contributed by atoms with Crippen molar-refractivity contribution >= 4 is 38.8 Å². The minimum atomic E-state index is -0.329. The monoisotopic (exact) mass is 432 g/mol. The highest BCUT2D eigenvalue weighted by atomic mass is 32.1. The van der Waals surface area contributed by atoms with Gasteiger partial charge in [-0.15, -0.1) is 11.3 Å². The van der Waals surface area contributed by atoms with Crippen molar-refractivity contribution in [3.8, 4) is 11.1 Å². The smallest absolute Gasteiger partial charge is 0.265 e. The number of rotatable bonds is 4. The maximum absolute atomic E-state index is 14.6. The van der Waals surface area contributed by atoms with Gasteiger partial charge in [-0.05, 0) is 35.9 Å². The summed E-state index contributed by atoms with van der Waals surface area (Å²) < 4.78 is 14.6. The lowest BCUT2D eigenvalue weighted by molar-refractivity contribution is 0.103. The molecule has 0 spiro atoms. The number of halogens is 1. The van der Waals surface area contributed by atoms with Crippen LogP contribution < -0.4 is 15.5 Å². The first-order valence-electron chi connectivity index (χ1n) is 10.2. The Kier molecular flexibility index (Phi) is 5.36. The molecular formula is C24H21FN4OS. The quantitative estimate of drug-likeness (QED) is 0.488. The molecule has 1 amide bonds. The molecule has 0 atom stereocenters. The molecule has 0 unspecified atom stereocenters. The van der Waals surface area contributed by atoms with E-state index >= 15 is 0 Å². The van der Waals surface area contributed by atoms with E-state index in [4.69, 9.17) is 0 Å². The van der Waals surface area contributed by atoms with Gasteiger partial charge in [-0.2, -0.15) is 0 Å². The number of amides is 1. The lowest BCUT2D eigenvalue weighted by Crippen LogP contribution is -2.43. The van der Waals surface area contributed by atoms with Gasteiger partial charge in [0.1, 0.15) is 10.6 Å². The van der Waals surface area contributed by atoms with E-state index < -0.39 is 0 Å². The topological polar surface area (TPSA) is 57.3 Å². The van der Waals surface area contributed by atoms with Gasteiger partial charge in [0, 0.05) is 49.0 Å². The molecule has 0 bridgehead atoms. The standard InChI is InChI=1S/C24H21FN4OS/c25-20-14-19(6-7-21(20)29-10-8-26-9-11-29)28-23(30)22-13-17-12-18(15-27-24(17)31-22)16-4-2-1-3-5-16/h1-7,12-15,26H,8-11H2,(H,28,30). The van der Waals surface area contributed by atoms with Crippen LogP contribution in [0.3, 0.4) is 0 Å². The van der Waals surface area contributed by atoms with Crippen molar-refractivity contribution in [2.24, 2.45) is 0 Å². The van der Waals surface area contributed by atoms with Gasteiger partial charge in [-0.3, -0.25) is 4.79 Å². The van der Waals surface area contributed by atoms with Gasteiger partial charge < -0.3 is 15.5 Å². The van der Waals surface area contributed by atoms with Crippen molar-refractivity contribution in [1.29, 1.82) is 0 Å². The summed E-state index contributed by atoms with van der Waals surface area (Å²) in [6.45, 7) is 3.21. The summed E-state index contributed by atoms with van der Waals surface area (Å²) in [5.74, 6) is -0.594. The lowest BCUT2D eigenvalue weighted by Gasteiger charge is -2.29. The minimum absolute atomic E-state index is 0.265. The van der Waals surface area contributed by atoms with Gasteiger partial charge in [-0.25, -0.2) is 9.37 Å². The van der Waals surface area contributed by atoms with Crippen molar-refractivity contribution in [1.82, 2.24) is 10.3 Å². The SMILES string of the molecule is O=C(Nc1ccc(N2CCNCC2)c(F)c1)c1cc2cc(-c3ccccc3)cnc2s1. The molecule has 1 aliphatic heterocycles. The lowest BCUT2D eigenvalue weighted by atomic mass is 10.1. The molecule has 5 rings (SSSR count). The second kappa shape index (κ2) is 8.45. The summed E-state index contributed by atoms with van der Waals surface area (Å²) >= 11 is 1.33. The normalized spacial score (nSPS) is 14.0. The Morgan fingerprint density at radius 1 is 1.03 bits per heavy atom. The predicted molar refractivity (Wildman–Crippen MR) is 124 cm³/mol. The van der Waals surface area contributed by atoms with Crippen molar-refractivity contribution in [2.75, 3.05) is 36.4 Å². The van der Waals surface area contributed by atoms with Crippen molar-refractivity contribution in [2.45, 2.75) is 0 Å². The van der Waals surface area contributed by atoms with Gasteiger partial charge in [0.05, 0.1) is 10.6 Å². The molecule has 0 radical (unpaired) electrons. The number of hydrogen-bond donors (Lipinski definition) is 2. The molecule has 1 aliphatic rings. The van der Waals surface area contributed by atoms with E-state index in [2.05, 4.69) is 15.6 Å². The second-order valence-corrected chi connectivity index (χ2v) is 8.48. The van der Waals surface area contributed by atoms with Crippen LogP contribution in [0.25, 0.3) is 21.3 Å². The van der Waals surface area contributed by atoms with E-state index in [9.17, 15) is 9.18 Å². The van der Waals surface area contributed by atoms with Crippen LogP contribution in [0.15, 0.2) is 66.9 Å². The first-order valence-corrected chi connectivity index (χ1v) is 11.0. The van der Waals surface area contributed by atoms with Crippen LogP contribution in [0.5, 0.6) is 0 Å². The molecule has 156 valence electrons. The van der Waals surface area contributed by atoms with Crippen LogP contribution in [0.1, 0.15) is 9.67 Å². The Balaban J connectivity index is 1.34. The number of carbonyl (C=O) groups excluding carboxylic acids is 1.